The van der Waals surface area contributed by atoms with Gasteiger partial charge in [-0.25, -0.2) is 8.42 Å². The number of hydrogen-bond acceptors (Lipinski definition) is 2. The summed E-state index contributed by atoms with van der Waals surface area (Å²) in [5.74, 6) is 0.528. The summed E-state index contributed by atoms with van der Waals surface area (Å²) in [5.41, 5.74) is 1.20. The molecule has 0 fully saturated rings. The fourth-order valence-corrected chi connectivity index (χ4v) is 3.38. The van der Waals surface area contributed by atoms with E-state index in [2.05, 4.69) is 15.9 Å². The summed E-state index contributed by atoms with van der Waals surface area (Å²) < 4.78 is 23.5. The van der Waals surface area contributed by atoms with Crippen LogP contribution >= 0.6 is 15.9 Å². The third kappa shape index (κ3) is 4.43. The molecule has 0 spiro atoms. The van der Waals surface area contributed by atoms with Crippen molar-refractivity contribution in [1.82, 2.24) is 0 Å². The molecular formula is C13H19BrO2S. The van der Waals surface area contributed by atoms with Gasteiger partial charge in [0.2, 0.25) is 0 Å². The van der Waals surface area contributed by atoms with Crippen LogP contribution in [0.1, 0.15) is 31.7 Å². The van der Waals surface area contributed by atoms with Crippen LogP contribution in [0.3, 0.4) is 0 Å². The van der Waals surface area contributed by atoms with E-state index in [1.807, 2.05) is 30.3 Å². The van der Waals surface area contributed by atoms with Gasteiger partial charge in [-0.3, -0.25) is 0 Å². The molecule has 1 atom stereocenters. The lowest BCUT2D eigenvalue weighted by Gasteiger charge is -2.15. The van der Waals surface area contributed by atoms with Crippen LogP contribution in [0, 0.1) is 0 Å². The third-order valence-corrected chi connectivity index (χ3v) is 5.95. The maximum absolute atomic E-state index is 11.8. The first kappa shape index (κ1) is 14.7. The monoisotopic (exact) mass is 318 g/mol. The van der Waals surface area contributed by atoms with E-state index in [1.54, 1.807) is 13.8 Å². The highest BCUT2D eigenvalue weighted by Gasteiger charge is 2.19. The summed E-state index contributed by atoms with van der Waals surface area (Å²) in [6.45, 7) is 3.47. The molecule has 0 radical (unpaired) electrons. The molecule has 96 valence electrons. The molecule has 4 heteroatoms. The zero-order valence-electron chi connectivity index (χ0n) is 10.3. The zero-order valence-corrected chi connectivity index (χ0v) is 12.7. The van der Waals surface area contributed by atoms with Gasteiger partial charge in [0, 0.05) is 5.33 Å². The van der Waals surface area contributed by atoms with E-state index >= 15 is 0 Å². The molecule has 0 N–H and O–H groups in total. The van der Waals surface area contributed by atoms with Gasteiger partial charge in [0.05, 0.1) is 11.0 Å². The summed E-state index contributed by atoms with van der Waals surface area (Å²) in [4.78, 5) is 0. The van der Waals surface area contributed by atoms with Crippen molar-refractivity contribution >= 4 is 25.8 Å². The normalized spacial score (nSPS) is 13.9. The maximum Gasteiger partial charge on any atom is 0.152 e. The van der Waals surface area contributed by atoms with E-state index in [0.717, 1.165) is 5.33 Å². The highest BCUT2D eigenvalue weighted by molar-refractivity contribution is 9.09. The molecule has 0 amide bonds. The standard InChI is InChI=1S/C13H19BrO2S/c1-11(2)17(15,16)9-8-13(10-14)12-6-4-3-5-7-12/h3-7,11,13H,8-10H2,1-2H3. The SMILES string of the molecule is CC(C)S(=O)(=O)CCC(CBr)c1ccccc1. The second-order valence-corrected chi connectivity index (χ2v) is 7.79. The quantitative estimate of drug-likeness (QED) is 0.753. The number of halogens is 1. The van der Waals surface area contributed by atoms with Gasteiger partial charge < -0.3 is 0 Å². The van der Waals surface area contributed by atoms with Crippen LogP contribution in [0.25, 0.3) is 0 Å². The van der Waals surface area contributed by atoms with Gasteiger partial charge >= 0.3 is 0 Å². The van der Waals surface area contributed by atoms with Gasteiger partial charge in [-0.2, -0.15) is 0 Å². The van der Waals surface area contributed by atoms with Gasteiger partial charge in [-0.15, -0.1) is 0 Å². The van der Waals surface area contributed by atoms with Crippen molar-refractivity contribution in [2.45, 2.75) is 31.4 Å². The average Bonchev–Trinajstić information content (AvgIpc) is 2.31. The summed E-state index contributed by atoms with van der Waals surface area (Å²) >= 11 is 3.46. The number of benzene rings is 1. The molecule has 0 bridgehead atoms. The van der Waals surface area contributed by atoms with Crippen molar-refractivity contribution in [2.24, 2.45) is 0 Å². The lowest BCUT2D eigenvalue weighted by molar-refractivity contribution is 0.580. The largest absolute Gasteiger partial charge is 0.229 e. The smallest absolute Gasteiger partial charge is 0.152 e. The Balaban J connectivity index is 2.67. The lowest BCUT2D eigenvalue weighted by Crippen LogP contribution is -2.19. The topological polar surface area (TPSA) is 34.1 Å². The molecule has 1 unspecified atom stereocenters. The summed E-state index contributed by atoms with van der Waals surface area (Å²) in [6.07, 6.45) is 0.676. The van der Waals surface area contributed by atoms with Gasteiger partial charge in [-0.1, -0.05) is 46.3 Å². The first-order valence-corrected chi connectivity index (χ1v) is 8.63. The third-order valence-electron chi connectivity index (χ3n) is 2.93. The maximum atomic E-state index is 11.8. The van der Waals surface area contributed by atoms with Crippen LogP contribution < -0.4 is 0 Å². The van der Waals surface area contributed by atoms with Crippen molar-refractivity contribution in [2.75, 3.05) is 11.1 Å². The first-order chi connectivity index (χ1) is 7.97. The zero-order chi connectivity index (χ0) is 12.9. The van der Waals surface area contributed by atoms with E-state index in [1.165, 1.54) is 5.56 Å². The molecule has 0 aliphatic carbocycles. The van der Waals surface area contributed by atoms with Gasteiger partial charge in [0.1, 0.15) is 0 Å². The van der Waals surface area contributed by atoms with E-state index < -0.39 is 9.84 Å². The number of alkyl halides is 1. The van der Waals surface area contributed by atoms with Gasteiger partial charge in [0.25, 0.3) is 0 Å². The molecule has 17 heavy (non-hydrogen) atoms. The molecule has 0 aliphatic heterocycles. The highest BCUT2D eigenvalue weighted by Crippen LogP contribution is 2.23. The molecule has 0 aromatic heterocycles. The molecule has 1 rings (SSSR count). The minimum Gasteiger partial charge on any atom is -0.229 e. The molecule has 0 saturated heterocycles. The van der Waals surface area contributed by atoms with Crippen molar-refractivity contribution in [3.8, 4) is 0 Å². The Kier molecular flexibility index (Phi) is 5.67. The summed E-state index contributed by atoms with van der Waals surface area (Å²) in [6, 6.07) is 10.0. The Bertz CT molecular complexity index is 426. The first-order valence-electron chi connectivity index (χ1n) is 5.80. The second kappa shape index (κ2) is 6.55. The van der Waals surface area contributed by atoms with Crippen LogP contribution in [-0.4, -0.2) is 24.8 Å². The predicted molar refractivity (Wildman–Crippen MR) is 76.5 cm³/mol. The average molecular weight is 319 g/mol. The van der Waals surface area contributed by atoms with Crippen LogP contribution in [0.5, 0.6) is 0 Å². The molecular weight excluding hydrogens is 300 g/mol. The minimum atomic E-state index is -2.93. The molecule has 2 nitrogen and oxygen atoms in total. The molecule has 0 heterocycles. The van der Waals surface area contributed by atoms with Crippen molar-refractivity contribution in [3.63, 3.8) is 0 Å². The van der Waals surface area contributed by atoms with Crippen LogP contribution in [0.15, 0.2) is 30.3 Å². The van der Waals surface area contributed by atoms with E-state index in [0.29, 0.717) is 6.42 Å². The lowest BCUT2D eigenvalue weighted by atomic mass is 9.99. The minimum absolute atomic E-state index is 0.260. The highest BCUT2D eigenvalue weighted by atomic mass is 79.9. The van der Waals surface area contributed by atoms with Crippen LogP contribution in [-0.2, 0) is 9.84 Å². The molecule has 0 saturated carbocycles. The fraction of sp³-hybridized carbons (Fsp3) is 0.538. The Morgan fingerprint density at radius 2 is 1.76 bits per heavy atom. The fourth-order valence-electron chi connectivity index (χ4n) is 1.60. The van der Waals surface area contributed by atoms with Gasteiger partial charge in [-0.05, 0) is 31.7 Å². The predicted octanol–water partition coefficient (Wildman–Crippen LogP) is 3.38. The summed E-state index contributed by atoms with van der Waals surface area (Å²) in [7, 11) is -2.93. The van der Waals surface area contributed by atoms with Crippen molar-refractivity contribution in [3.05, 3.63) is 35.9 Å². The molecule has 0 aliphatic rings. The van der Waals surface area contributed by atoms with Crippen molar-refractivity contribution in [1.29, 1.82) is 0 Å². The van der Waals surface area contributed by atoms with E-state index in [9.17, 15) is 8.42 Å². The molecule has 1 aromatic carbocycles. The molecule has 1 aromatic rings. The Morgan fingerprint density at radius 1 is 1.18 bits per heavy atom. The number of sulfone groups is 1. The van der Waals surface area contributed by atoms with Crippen LogP contribution in [0.2, 0.25) is 0 Å². The number of hydrogen-bond donors (Lipinski definition) is 0. The van der Waals surface area contributed by atoms with Crippen LogP contribution in [0.4, 0.5) is 0 Å². The Hall–Kier alpha value is -0.350. The Labute approximate surface area is 112 Å². The van der Waals surface area contributed by atoms with E-state index in [4.69, 9.17) is 0 Å². The van der Waals surface area contributed by atoms with E-state index in [-0.39, 0.29) is 16.9 Å². The number of rotatable bonds is 6. The second-order valence-electron chi connectivity index (χ2n) is 4.47. The van der Waals surface area contributed by atoms with Gasteiger partial charge in [0.15, 0.2) is 9.84 Å². The summed E-state index contributed by atoms with van der Waals surface area (Å²) in [5, 5.41) is 0.513. The van der Waals surface area contributed by atoms with Crippen molar-refractivity contribution < 1.29 is 8.42 Å². The Morgan fingerprint density at radius 3 is 2.24 bits per heavy atom.